The van der Waals surface area contributed by atoms with Gasteiger partial charge in [-0.05, 0) is 32.9 Å². The summed E-state index contributed by atoms with van der Waals surface area (Å²) in [6.07, 6.45) is 2.84. The van der Waals surface area contributed by atoms with Crippen LogP contribution in [0.1, 0.15) is 37.6 Å². The molecule has 0 fully saturated rings. The smallest absolute Gasteiger partial charge is 0.226 e. The number of aromatic nitrogens is 3. The molecule has 1 N–H and O–H groups in total. The Morgan fingerprint density at radius 1 is 1.45 bits per heavy atom. The molecule has 0 saturated heterocycles. The van der Waals surface area contributed by atoms with E-state index < -0.39 is 0 Å². The highest BCUT2D eigenvalue weighted by molar-refractivity contribution is 5.32. The van der Waals surface area contributed by atoms with E-state index >= 15 is 0 Å². The predicted octanol–water partition coefficient (Wildman–Crippen LogP) is 2.98. The SMILES string of the molecule is CCCNC(C)c1cccnc1Oc1cc(C)nn1C. The molecule has 0 amide bonds. The molecule has 1 atom stereocenters. The van der Waals surface area contributed by atoms with Gasteiger partial charge >= 0.3 is 0 Å². The summed E-state index contributed by atoms with van der Waals surface area (Å²) in [5, 5.41) is 7.73. The first kappa shape index (κ1) is 14.5. The number of nitrogens with zero attached hydrogens (tertiary/aromatic N) is 3. The summed E-state index contributed by atoms with van der Waals surface area (Å²) in [5.74, 6) is 1.33. The van der Waals surface area contributed by atoms with Crippen LogP contribution >= 0.6 is 0 Å². The minimum atomic E-state index is 0.202. The number of pyridine rings is 1. The van der Waals surface area contributed by atoms with Crippen molar-refractivity contribution in [1.82, 2.24) is 20.1 Å². The van der Waals surface area contributed by atoms with Gasteiger partial charge in [0.15, 0.2) is 0 Å². The van der Waals surface area contributed by atoms with Gasteiger partial charge in [0.05, 0.1) is 5.69 Å². The second-order valence-electron chi connectivity index (χ2n) is 4.92. The van der Waals surface area contributed by atoms with Gasteiger partial charge in [0.2, 0.25) is 11.8 Å². The standard InChI is InChI=1S/C15H22N4O/c1-5-8-16-12(3)13-7-6-9-17-15(13)20-14-10-11(2)18-19(14)4/h6-7,9-10,12,16H,5,8H2,1-4H3. The molecule has 0 aliphatic rings. The lowest BCUT2D eigenvalue weighted by Gasteiger charge is -2.16. The van der Waals surface area contributed by atoms with Crippen molar-refractivity contribution in [2.45, 2.75) is 33.2 Å². The van der Waals surface area contributed by atoms with Crippen molar-refractivity contribution >= 4 is 0 Å². The zero-order chi connectivity index (χ0) is 14.5. The fourth-order valence-electron chi connectivity index (χ4n) is 2.07. The normalized spacial score (nSPS) is 12.4. The van der Waals surface area contributed by atoms with Crippen molar-refractivity contribution < 1.29 is 4.74 Å². The Morgan fingerprint density at radius 3 is 2.90 bits per heavy atom. The Bertz CT molecular complexity index is 565. The predicted molar refractivity (Wildman–Crippen MR) is 79.0 cm³/mol. The van der Waals surface area contributed by atoms with E-state index in [1.54, 1.807) is 10.9 Å². The average Bonchev–Trinajstić information content (AvgIpc) is 2.75. The summed E-state index contributed by atoms with van der Waals surface area (Å²) in [4.78, 5) is 4.35. The molecule has 0 aromatic carbocycles. The third-order valence-corrected chi connectivity index (χ3v) is 3.13. The molecule has 2 aromatic heterocycles. The van der Waals surface area contributed by atoms with Gasteiger partial charge in [-0.25, -0.2) is 9.67 Å². The Morgan fingerprint density at radius 2 is 2.25 bits per heavy atom. The second-order valence-corrected chi connectivity index (χ2v) is 4.92. The van der Waals surface area contributed by atoms with Gasteiger partial charge in [0.1, 0.15) is 0 Å². The highest BCUT2D eigenvalue weighted by Crippen LogP contribution is 2.27. The van der Waals surface area contributed by atoms with Gasteiger partial charge in [-0.3, -0.25) is 0 Å². The molecule has 1 unspecified atom stereocenters. The van der Waals surface area contributed by atoms with Crippen molar-refractivity contribution in [2.75, 3.05) is 6.54 Å². The van der Waals surface area contributed by atoms with E-state index in [1.807, 2.05) is 32.2 Å². The zero-order valence-electron chi connectivity index (χ0n) is 12.6. The van der Waals surface area contributed by atoms with E-state index in [9.17, 15) is 0 Å². The molecule has 0 saturated carbocycles. The van der Waals surface area contributed by atoms with Gasteiger partial charge in [-0.1, -0.05) is 13.0 Å². The molecule has 0 spiro atoms. The summed E-state index contributed by atoms with van der Waals surface area (Å²) in [5.41, 5.74) is 1.98. The first-order valence-electron chi connectivity index (χ1n) is 6.98. The van der Waals surface area contributed by atoms with Gasteiger partial charge in [-0.15, -0.1) is 0 Å². The van der Waals surface area contributed by atoms with Crippen LogP contribution in [0.4, 0.5) is 0 Å². The fourth-order valence-corrected chi connectivity index (χ4v) is 2.07. The maximum Gasteiger partial charge on any atom is 0.226 e. The summed E-state index contributed by atoms with van der Waals surface area (Å²) in [6.45, 7) is 7.19. The quantitative estimate of drug-likeness (QED) is 0.880. The minimum Gasteiger partial charge on any atom is -0.421 e. The van der Waals surface area contributed by atoms with E-state index in [1.165, 1.54) is 0 Å². The van der Waals surface area contributed by atoms with Crippen LogP contribution in [0.5, 0.6) is 11.8 Å². The van der Waals surface area contributed by atoms with Crippen LogP contribution in [-0.2, 0) is 7.05 Å². The lowest BCUT2D eigenvalue weighted by Crippen LogP contribution is -2.20. The number of rotatable bonds is 6. The monoisotopic (exact) mass is 274 g/mol. The summed E-state index contributed by atoms with van der Waals surface area (Å²) in [7, 11) is 1.86. The van der Waals surface area contributed by atoms with E-state index in [4.69, 9.17) is 4.74 Å². The van der Waals surface area contributed by atoms with Crippen LogP contribution in [-0.4, -0.2) is 21.3 Å². The average molecular weight is 274 g/mol. The van der Waals surface area contributed by atoms with Crippen molar-refractivity contribution in [3.8, 4) is 11.8 Å². The third kappa shape index (κ3) is 3.36. The topological polar surface area (TPSA) is 52.0 Å². The maximum atomic E-state index is 5.91. The first-order valence-corrected chi connectivity index (χ1v) is 6.98. The Balaban J connectivity index is 2.21. The first-order chi connectivity index (χ1) is 9.61. The van der Waals surface area contributed by atoms with Crippen molar-refractivity contribution in [3.63, 3.8) is 0 Å². The van der Waals surface area contributed by atoms with Crippen LogP contribution in [0.3, 0.4) is 0 Å². The summed E-state index contributed by atoms with van der Waals surface area (Å²) >= 11 is 0. The van der Waals surface area contributed by atoms with Gasteiger partial charge < -0.3 is 10.1 Å². The Labute approximate surface area is 120 Å². The van der Waals surface area contributed by atoms with E-state index in [0.29, 0.717) is 11.8 Å². The number of hydrogen-bond acceptors (Lipinski definition) is 4. The summed E-state index contributed by atoms with van der Waals surface area (Å²) in [6, 6.07) is 6.08. The van der Waals surface area contributed by atoms with E-state index in [-0.39, 0.29) is 6.04 Å². The van der Waals surface area contributed by atoms with Crippen LogP contribution in [0.2, 0.25) is 0 Å². The molecule has 5 nitrogen and oxygen atoms in total. The Kier molecular flexibility index (Phi) is 4.74. The van der Waals surface area contributed by atoms with Gasteiger partial charge in [0, 0.05) is 30.9 Å². The van der Waals surface area contributed by atoms with Crippen LogP contribution in [0.15, 0.2) is 24.4 Å². The van der Waals surface area contributed by atoms with Gasteiger partial charge in [0.25, 0.3) is 0 Å². The van der Waals surface area contributed by atoms with E-state index in [0.717, 1.165) is 24.2 Å². The molecule has 0 aliphatic heterocycles. The molecule has 0 bridgehead atoms. The van der Waals surface area contributed by atoms with Crippen LogP contribution in [0, 0.1) is 6.92 Å². The summed E-state index contributed by atoms with van der Waals surface area (Å²) < 4.78 is 7.63. The molecule has 108 valence electrons. The fraction of sp³-hybridized carbons (Fsp3) is 0.467. The van der Waals surface area contributed by atoms with Crippen LogP contribution < -0.4 is 10.1 Å². The lowest BCUT2D eigenvalue weighted by molar-refractivity contribution is 0.402. The minimum absolute atomic E-state index is 0.202. The molecule has 0 aliphatic carbocycles. The molecule has 2 heterocycles. The molecule has 20 heavy (non-hydrogen) atoms. The highest BCUT2D eigenvalue weighted by atomic mass is 16.5. The molecule has 2 aromatic rings. The van der Waals surface area contributed by atoms with Crippen LogP contribution in [0.25, 0.3) is 0 Å². The zero-order valence-corrected chi connectivity index (χ0v) is 12.6. The van der Waals surface area contributed by atoms with Crippen molar-refractivity contribution in [2.24, 2.45) is 7.05 Å². The number of ether oxygens (including phenoxy) is 1. The molecule has 0 radical (unpaired) electrons. The van der Waals surface area contributed by atoms with Crippen molar-refractivity contribution in [3.05, 3.63) is 35.7 Å². The largest absolute Gasteiger partial charge is 0.421 e. The maximum absolute atomic E-state index is 5.91. The van der Waals surface area contributed by atoms with Crippen molar-refractivity contribution in [1.29, 1.82) is 0 Å². The molecular weight excluding hydrogens is 252 g/mol. The Hall–Kier alpha value is -1.88. The number of nitrogens with one attached hydrogen (secondary N) is 1. The number of hydrogen-bond donors (Lipinski definition) is 1. The lowest BCUT2D eigenvalue weighted by atomic mass is 10.1. The third-order valence-electron chi connectivity index (χ3n) is 3.13. The molecule has 5 heteroatoms. The van der Waals surface area contributed by atoms with Gasteiger partial charge in [-0.2, -0.15) is 5.10 Å². The molecule has 2 rings (SSSR count). The van der Waals surface area contributed by atoms with E-state index in [2.05, 4.69) is 29.2 Å². The second kappa shape index (κ2) is 6.52. The molecular formula is C15H22N4O. The highest BCUT2D eigenvalue weighted by Gasteiger charge is 2.14. The number of aryl methyl sites for hydroxylation is 2.